The standard InChI is InChI=1S/C12H23N2O6P/c1-6-11(10(4)14(15)16)9-12(13-18-5)21(17,19-7-2)20-8-3/h9-10H,6-8H2,1-5H3/b11-9+,13-12-. The van der Waals surface area contributed by atoms with E-state index < -0.39 is 18.6 Å². The molecule has 0 aromatic heterocycles. The summed E-state index contributed by atoms with van der Waals surface area (Å²) in [5.41, 5.74) is 0.384. The molecule has 8 nitrogen and oxygen atoms in total. The van der Waals surface area contributed by atoms with E-state index in [2.05, 4.69) is 9.99 Å². The van der Waals surface area contributed by atoms with Gasteiger partial charge in [-0.3, -0.25) is 14.7 Å². The van der Waals surface area contributed by atoms with Crippen LogP contribution in [0.15, 0.2) is 16.8 Å². The lowest BCUT2D eigenvalue weighted by Crippen LogP contribution is -2.19. The normalized spacial score (nSPS) is 14.9. The van der Waals surface area contributed by atoms with Crippen LogP contribution in [0.5, 0.6) is 0 Å². The summed E-state index contributed by atoms with van der Waals surface area (Å²) < 4.78 is 23.0. The van der Waals surface area contributed by atoms with Crippen molar-refractivity contribution in [3.8, 4) is 0 Å². The van der Waals surface area contributed by atoms with E-state index in [4.69, 9.17) is 9.05 Å². The molecule has 9 heteroatoms. The number of hydrogen-bond acceptors (Lipinski definition) is 7. The first-order valence-corrected chi connectivity index (χ1v) is 8.25. The fourth-order valence-electron chi connectivity index (χ4n) is 1.58. The van der Waals surface area contributed by atoms with Crippen LogP contribution in [0.3, 0.4) is 0 Å². The van der Waals surface area contributed by atoms with Gasteiger partial charge in [-0.1, -0.05) is 12.1 Å². The second-order valence-corrected chi connectivity index (χ2v) is 5.97. The molecular formula is C12H23N2O6P. The topological polar surface area (TPSA) is 100 Å². The molecule has 0 aromatic carbocycles. The maximum absolute atomic E-state index is 12.7. The maximum atomic E-state index is 12.7. The van der Waals surface area contributed by atoms with Gasteiger partial charge in [0.2, 0.25) is 6.04 Å². The molecule has 0 bridgehead atoms. The third-order valence-corrected chi connectivity index (χ3v) is 4.61. The molecule has 122 valence electrons. The molecule has 0 heterocycles. The van der Waals surface area contributed by atoms with Gasteiger partial charge in [0.1, 0.15) is 7.11 Å². The Morgan fingerprint density at radius 2 is 1.86 bits per heavy atom. The van der Waals surface area contributed by atoms with Crippen LogP contribution in [-0.4, -0.2) is 36.7 Å². The van der Waals surface area contributed by atoms with Crippen molar-refractivity contribution in [3.05, 3.63) is 21.8 Å². The minimum Gasteiger partial charge on any atom is -0.398 e. The molecule has 0 aliphatic carbocycles. The molecule has 0 rings (SSSR count). The Kier molecular flexibility index (Phi) is 9.08. The van der Waals surface area contributed by atoms with Crippen molar-refractivity contribution in [1.29, 1.82) is 0 Å². The first kappa shape index (κ1) is 19.8. The smallest absolute Gasteiger partial charge is 0.382 e. The molecule has 0 saturated carbocycles. The van der Waals surface area contributed by atoms with Crippen LogP contribution in [-0.2, 0) is 18.5 Å². The minimum atomic E-state index is -3.66. The van der Waals surface area contributed by atoms with Crippen molar-refractivity contribution in [2.75, 3.05) is 20.3 Å². The lowest BCUT2D eigenvalue weighted by Gasteiger charge is -2.17. The highest BCUT2D eigenvalue weighted by atomic mass is 31.2. The molecule has 0 aliphatic heterocycles. The summed E-state index contributed by atoms with van der Waals surface area (Å²) in [6.45, 7) is 6.86. The molecule has 0 fully saturated rings. The molecule has 21 heavy (non-hydrogen) atoms. The highest BCUT2D eigenvalue weighted by molar-refractivity contribution is 7.72. The van der Waals surface area contributed by atoms with Gasteiger partial charge in [0, 0.05) is 17.4 Å². The predicted octanol–water partition coefficient (Wildman–Crippen LogP) is 3.21. The molecule has 0 aliphatic rings. The Balaban J connectivity index is 5.72. The van der Waals surface area contributed by atoms with Crippen molar-refractivity contribution in [3.63, 3.8) is 0 Å². The van der Waals surface area contributed by atoms with E-state index in [1.165, 1.54) is 20.1 Å². The summed E-state index contributed by atoms with van der Waals surface area (Å²) in [5, 5.41) is 14.6. The van der Waals surface area contributed by atoms with Crippen LogP contribution >= 0.6 is 7.60 Å². The van der Waals surface area contributed by atoms with Gasteiger partial charge in [0.05, 0.1) is 13.2 Å². The Morgan fingerprint density at radius 1 is 1.33 bits per heavy atom. The number of allylic oxidation sites excluding steroid dienone is 1. The van der Waals surface area contributed by atoms with Gasteiger partial charge < -0.3 is 13.9 Å². The molecule has 0 radical (unpaired) electrons. The summed E-state index contributed by atoms with van der Waals surface area (Å²) in [7, 11) is -2.37. The average Bonchev–Trinajstić information content (AvgIpc) is 2.43. The summed E-state index contributed by atoms with van der Waals surface area (Å²) >= 11 is 0. The molecule has 0 amide bonds. The molecular weight excluding hydrogens is 299 g/mol. The van der Waals surface area contributed by atoms with Crippen LogP contribution in [0.4, 0.5) is 0 Å². The van der Waals surface area contributed by atoms with E-state index in [1.54, 1.807) is 20.8 Å². The van der Waals surface area contributed by atoms with Crippen LogP contribution < -0.4 is 0 Å². The molecule has 0 saturated heterocycles. The van der Waals surface area contributed by atoms with Gasteiger partial charge in [-0.25, -0.2) is 0 Å². The van der Waals surface area contributed by atoms with E-state index >= 15 is 0 Å². The van der Waals surface area contributed by atoms with Crippen molar-refractivity contribution in [1.82, 2.24) is 0 Å². The van der Waals surface area contributed by atoms with Gasteiger partial charge in [0.25, 0.3) is 0 Å². The molecule has 0 N–H and O–H groups in total. The van der Waals surface area contributed by atoms with Crippen molar-refractivity contribution in [2.45, 2.75) is 40.2 Å². The Labute approximate surface area is 124 Å². The van der Waals surface area contributed by atoms with E-state index in [0.29, 0.717) is 12.0 Å². The van der Waals surface area contributed by atoms with Crippen LogP contribution in [0.25, 0.3) is 0 Å². The molecule has 1 unspecified atom stereocenters. The second kappa shape index (κ2) is 9.65. The van der Waals surface area contributed by atoms with E-state index in [-0.39, 0.29) is 18.7 Å². The average molecular weight is 322 g/mol. The fraction of sp³-hybridized carbons (Fsp3) is 0.750. The quantitative estimate of drug-likeness (QED) is 0.265. The summed E-state index contributed by atoms with van der Waals surface area (Å²) in [6.07, 6.45) is 1.77. The van der Waals surface area contributed by atoms with Gasteiger partial charge >= 0.3 is 7.60 Å². The largest absolute Gasteiger partial charge is 0.398 e. The monoisotopic (exact) mass is 322 g/mol. The second-order valence-electron chi connectivity index (χ2n) is 4.00. The number of hydrogen-bond donors (Lipinski definition) is 0. The Bertz CT molecular complexity index is 439. The zero-order valence-electron chi connectivity index (χ0n) is 13.1. The van der Waals surface area contributed by atoms with Gasteiger partial charge in [-0.2, -0.15) is 0 Å². The minimum absolute atomic E-state index is 0.0701. The summed E-state index contributed by atoms with van der Waals surface area (Å²) in [4.78, 5) is 15.1. The molecule has 0 spiro atoms. The number of nitrogens with zero attached hydrogens (tertiary/aromatic N) is 2. The van der Waals surface area contributed by atoms with Gasteiger partial charge in [0.15, 0.2) is 5.45 Å². The van der Waals surface area contributed by atoms with Crippen LogP contribution in [0.2, 0.25) is 0 Å². The van der Waals surface area contributed by atoms with E-state index in [9.17, 15) is 14.7 Å². The van der Waals surface area contributed by atoms with Gasteiger partial charge in [-0.15, -0.1) is 0 Å². The predicted molar refractivity (Wildman–Crippen MR) is 80.1 cm³/mol. The van der Waals surface area contributed by atoms with Crippen molar-refractivity contribution in [2.24, 2.45) is 5.16 Å². The zero-order valence-corrected chi connectivity index (χ0v) is 14.0. The van der Waals surface area contributed by atoms with E-state index in [1.807, 2.05) is 0 Å². The van der Waals surface area contributed by atoms with Gasteiger partial charge in [-0.05, 0) is 26.3 Å². The first-order chi connectivity index (χ1) is 9.86. The zero-order chi connectivity index (χ0) is 16.5. The first-order valence-electron chi connectivity index (χ1n) is 6.70. The lowest BCUT2D eigenvalue weighted by molar-refractivity contribution is -0.507. The van der Waals surface area contributed by atoms with Crippen LogP contribution in [0, 0.1) is 10.1 Å². The SMILES string of the molecule is CCOP(=O)(OCC)C(/C=C(\CC)C(C)[N+](=O)[O-])=N\OC. The Hall–Kier alpha value is -1.24. The van der Waals surface area contributed by atoms with Crippen molar-refractivity contribution < 1.29 is 23.4 Å². The van der Waals surface area contributed by atoms with Crippen LogP contribution in [0.1, 0.15) is 34.1 Å². The fourth-order valence-corrected chi connectivity index (χ4v) is 3.10. The molecule has 0 aromatic rings. The number of oxime groups is 1. The third-order valence-electron chi connectivity index (χ3n) is 2.64. The van der Waals surface area contributed by atoms with E-state index in [0.717, 1.165) is 0 Å². The maximum Gasteiger partial charge on any atom is 0.382 e. The summed E-state index contributed by atoms with van der Waals surface area (Å²) in [5.74, 6) is 0. The Morgan fingerprint density at radius 3 is 2.19 bits per heavy atom. The summed E-state index contributed by atoms with van der Waals surface area (Å²) in [6, 6.07) is -0.922. The highest BCUT2D eigenvalue weighted by Gasteiger charge is 2.32. The number of rotatable bonds is 10. The highest BCUT2D eigenvalue weighted by Crippen LogP contribution is 2.50. The van der Waals surface area contributed by atoms with Crippen molar-refractivity contribution >= 4 is 13.0 Å². The lowest BCUT2D eigenvalue weighted by atomic mass is 10.1. The number of nitro groups is 1. The third kappa shape index (κ3) is 5.95. The molecule has 1 atom stereocenters.